The summed E-state index contributed by atoms with van der Waals surface area (Å²) in [6.45, 7) is 1.66. The first kappa shape index (κ1) is 14.4. The van der Waals surface area contributed by atoms with Gasteiger partial charge in [-0.1, -0.05) is 28.1 Å². The minimum atomic E-state index is -0.882. The van der Waals surface area contributed by atoms with E-state index in [-0.39, 0.29) is 5.78 Å². The van der Waals surface area contributed by atoms with Gasteiger partial charge in [0.15, 0.2) is 5.78 Å². The molecule has 0 N–H and O–H groups in total. The average molecular weight is 332 g/mol. The minimum Gasteiger partial charge on any atom is -0.292 e. The Bertz CT molecular complexity index is 689. The standard InChI is InChI=1S/C16H11BrFNO/c1-10-8-13(18)6-7-14(10)16(20)15(9-19)11-2-4-12(17)5-3-11/h2-8,15H,1H3. The highest BCUT2D eigenvalue weighted by Gasteiger charge is 2.23. The van der Waals surface area contributed by atoms with Gasteiger partial charge >= 0.3 is 0 Å². The van der Waals surface area contributed by atoms with Gasteiger partial charge in [-0.2, -0.15) is 5.26 Å². The molecule has 2 rings (SSSR count). The second-order valence-electron chi connectivity index (χ2n) is 4.44. The molecule has 0 saturated heterocycles. The molecule has 0 aliphatic carbocycles. The van der Waals surface area contributed by atoms with Crippen molar-refractivity contribution in [3.63, 3.8) is 0 Å². The van der Waals surface area contributed by atoms with Crippen LogP contribution in [-0.4, -0.2) is 5.78 Å². The van der Waals surface area contributed by atoms with Crippen LogP contribution in [0.1, 0.15) is 27.4 Å². The summed E-state index contributed by atoms with van der Waals surface area (Å²) in [5, 5.41) is 9.27. The van der Waals surface area contributed by atoms with Crippen LogP contribution in [0.3, 0.4) is 0 Å². The fourth-order valence-electron chi connectivity index (χ4n) is 2.00. The molecule has 0 saturated carbocycles. The molecular weight excluding hydrogens is 321 g/mol. The molecule has 20 heavy (non-hydrogen) atoms. The van der Waals surface area contributed by atoms with Crippen molar-refractivity contribution in [3.8, 4) is 6.07 Å². The maximum atomic E-state index is 13.1. The van der Waals surface area contributed by atoms with Gasteiger partial charge in [0.1, 0.15) is 11.7 Å². The van der Waals surface area contributed by atoms with E-state index in [1.54, 1.807) is 31.2 Å². The van der Waals surface area contributed by atoms with Crippen molar-refractivity contribution < 1.29 is 9.18 Å². The second kappa shape index (κ2) is 5.98. The Balaban J connectivity index is 2.39. The third-order valence-corrected chi connectivity index (χ3v) is 3.58. The van der Waals surface area contributed by atoms with Crippen LogP contribution in [0.25, 0.3) is 0 Å². The van der Waals surface area contributed by atoms with E-state index in [9.17, 15) is 14.4 Å². The van der Waals surface area contributed by atoms with E-state index >= 15 is 0 Å². The molecular formula is C16H11BrFNO. The van der Waals surface area contributed by atoms with E-state index in [2.05, 4.69) is 15.9 Å². The molecule has 4 heteroatoms. The first-order chi connectivity index (χ1) is 9.52. The lowest BCUT2D eigenvalue weighted by molar-refractivity contribution is 0.0978. The first-order valence-corrected chi connectivity index (χ1v) is 6.77. The van der Waals surface area contributed by atoms with Gasteiger partial charge in [0.05, 0.1) is 6.07 Å². The van der Waals surface area contributed by atoms with Crippen molar-refractivity contribution in [1.82, 2.24) is 0 Å². The molecule has 0 aromatic heterocycles. The second-order valence-corrected chi connectivity index (χ2v) is 5.35. The van der Waals surface area contributed by atoms with Crippen molar-refractivity contribution in [2.45, 2.75) is 12.8 Å². The van der Waals surface area contributed by atoms with Crippen LogP contribution in [0, 0.1) is 24.1 Å². The Hall–Kier alpha value is -1.99. The lowest BCUT2D eigenvalue weighted by atomic mass is 9.90. The predicted molar refractivity (Wildman–Crippen MR) is 78.0 cm³/mol. The van der Waals surface area contributed by atoms with E-state index < -0.39 is 11.7 Å². The van der Waals surface area contributed by atoms with Crippen LogP contribution in [0.5, 0.6) is 0 Å². The van der Waals surface area contributed by atoms with E-state index in [0.717, 1.165) is 4.47 Å². The van der Waals surface area contributed by atoms with Gasteiger partial charge < -0.3 is 0 Å². The summed E-state index contributed by atoms with van der Waals surface area (Å²) >= 11 is 3.31. The zero-order chi connectivity index (χ0) is 14.7. The van der Waals surface area contributed by atoms with E-state index in [1.807, 2.05) is 6.07 Å². The Morgan fingerprint density at radius 3 is 2.45 bits per heavy atom. The number of Topliss-reactive ketones (excluding diaryl/α,β-unsaturated/α-hetero) is 1. The number of nitriles is 1. The number of benzene rings is 2. The van der Waals surface area contributed by atoms with Crippen molar-refractivity contribution in [1.29, 1.82) is 5.26 Å². The Labute approximate surface area is 125 Å². The summed E-state index contributed by atoms with van der Waals surface area (Å²) in [6, 6.07) is 13.0. The smallest absolute Gasteiger partial charge is 0.184 e. The van der Waals surface area contributed by atoms with Crippen LogP contribution >= 0.6 is 15.9 Å². The monoisotopic (exact) mass is 331 g/mol. The van der Waals surface area contributed by atoms with Crippen molar-refractivity contribution >= 4 is 21.7 Å². The van der Waals surface area contributed by atoms with Gasteiger partial charge in [-0.25, -0.2) is 4.39 Å². The topological polar surface area (TPSA) is 40.9 Å². The number of hydrogen-bond donors (Lipinski definition) is 0. The molecule has 0 spiro atoms. The van der Waals surface area contributed by atoms with E-state index in [0.29, 0.717) is 16.7 Å². The molecule has 100 valence electrons. The Morgan fingerprint density at radius 1 is 1.25 bits per heavy atom. The average Bonchev–Trinajstić information content (AvgIpc) is 2.41. The number of aryl methyl sites for hydroxylation is 1. The molecule has 1 atom stereocenters. The number of rotatable bonds is 3. The van der Waals surface area contributed by atoms with Gasteiger partial charge in [0.25, 0.3) is 0 Å². The van der Waals surface area contributed by atoms with Crippen LogP contribution in [0.15, 0.2) is 46.9 Å². The minimum absolute atomic E-state index is 0.313. The summed E-state index contributed by atoms with van der Waals surface area (Å²) in [5.74, 6) is -1.59. The van der Waals surface area contributed by atoms with E-state index in [1.165, 1.54) is 18.2 Å². The summed E-state index contributed by atoms with van der Waals surface area (Å²) in [6.07, 6.45) is 0. The molecule has 0 amide bonds. The fraction of sp³-hybridized carbons (Fsp3) is 0.125. The largest absolute Gasteiger partial charge is 0.292 e. The van der Waals surface area contributed by atoms with Crippen LogP contribution in [-0.2, 0) is 0 Å². The Morgan fingerprint density at radius 2 is 1.90 bits per heavy atom. The first-order valence-electron chi connectivity index (χ1n) is 5.98. The number of carbonyl (C=O) groups is 1. The third kappa shape index (κ3) is 2.94. The maximum absolute atomic E-state index is 13.1. The molecule has 2 aromatic rings. The quantitative estimate of drug-likeness (QED) is 0.783. The zero-order valence-corrected chi connectivity index (χ0v) is 12.3. The van der Waals surface area contributed by atoms with E-state index in [4.69, 9.17) is 0 Å². The molecule has 1 unspecified atom stereocenters. The van der Waals surface area contributed by atoms with Crippen LogP contribution < -0.4 is 0 Å². The Kier molecular flexibility index (Phi) is 4.31. The van der Waals surface area contributed by atoms with Crippen LogP contribution in [0.2, 0.25) is 0 Å². The van der Waals surface area contributed by atoms with Gasteiger partial charge in [-0.3, -0.25) is 4.79 Å². The third-order valence-electron chi connectivity index (χ3n) is 3.05. The maximum Gasteiger partial charge on any atom is 0.184 e. The fourth-order valence-corrected chi connectivity index (χ4v) is 2.26. The number of ketones is 1. The van der Waals surface area contributed by atoms with Gasteiger partial charge in [-0.05, 0) is 48.4 Å². The van der Waals surface area contributed by atoms with Crippen molar-refractivity contribution in [3.05, 3.63) is 69.4 Å². The molecule has 0 aliphatic rings. The molecule has 0 aliphatic heterocycles. The SMILES string of the molecule is Cc1cc(F)ccc1C(=O)C(C#N)c1ccc(Br)cc1. The summed E-state index contributed by atoms with van der Waals surface area (Å²) in [7, 11) is 0. The predicted octanol–water partition coefficient (Wildman–Crippen LogP) is 4.39. The molecule has 0 fully saturated rings. The number of halogens is 2. The van der Waals surface area contributed by atoms with Crippen LogP contribution in [0.4, 0.5) is 4.39 Å². The zero-order valence-electron chi connectivity index (χ0n) is 10.7. The lowest BCUT2D eigenvalue weighted by Crippen LogP contribution is -2.12. The summed E-state index contributed by atoms with van der Waals surface area (Å²) in [5.41, 5.74) is 1.54. The van der Waals surface area contributed by atoms with Gasteiger partial charge in [0.2, 0.25) is 0 Å². The highest BCUT2D eigenvalue weighted by Crippen LogP contribution is 2.24. The molecule has 2 aromatic carbocycles. The highest BCUT2D eigenvalue weighted by atomic mass is 79.9. The molecule has 0 heterocycles. The number of carbonyl (C=O) groups excluding carboxylic acids is 1. The number of hydrogen-bond acceptors (Lipinski definition) is 2. The summed E-state index contributed by atoms with van der Waals surface area (Å²) in [4.78, 5) is 12.4. The lowest BCUT2D eigenvalue weighted by Gasteiger charge is -2.11. The van der Waals surface area contributed by atoms with Gasteiger partial charge in [0, 0.05) is 10.0 Å². The number of nitrogens with zero attached hydrogens (tertiary/aromatic N) is 1. The van der Waals surface area contributed by atoms with Crippen molar-refractivity contribution in [2.24, 2.45) is 0 Å². The molecule has 0 bridgehead atoms. The summed E-state index contributed by atoms with van der Waals surface area (Å²) < 4.78 is 14.0. The van der Waals surface area contributed by atoms with Crippen molar-refractivity contribution in [2.75, 3.05) is 0 Å². The normalized spacial score (nSPS) is 11.7. The molecule has 2 nitrogen and oxygen atoms in total. The van der Waals surface area contributed by atoms with Gasteiger partial charge in [-0.15, -0.1) is 0 Å². The molecule has 0 radical (unpaired) electrons. The highest BCUT2D eigenvalue weighted by molar-refractivity contribution is 9.10.